The van der Waals surface area contributed by atoms with Gasteiger partial charge in [0.05, 0.1) is 13.0 Å². The number of allylic oxidation sites excluding steroid dienone is 1. The number of phenols is 1. The zero-order chi connectivity index (χ0) is 21.4. The fraction of sp³-hybridized carbons (Fsp3) is 0.304. The molecule has 0 saturated carbocycles. The lowest BCUT2D eigenvalue weighted by atomic mass is 10.0. The Kier molecular flexibility index (Phi) is 10.3. The Morgan fingerprint density at radius 2 is 1.80 bits per heavy atom. The summed E-state index contributed by atoms with van der Waals surface area (Å²) >= 11 is 0. The monoisotopic (exact) mass is 433 g/mol. The molecule has 0 aliphatic heterocycles. The number of aromatic hydroxyl groups is 1. The van der Waals surface area contributed by atoms with Gasteiger partial charge in [0.15, 0.2) is 5.78 Å². The van der Waals surface area contributed by atoms with Crippen molar-refractivity contribution in [1.82, 2.24) is 0 Å². The topological polar surface area (TPSA) is 100 Å². The van der Waals surface area contributed by atoms with Crippen LogP contribution in [0, 0.1) is 0 Å². The van der Waals surface area contributed by atoms with Gasteiger partial charge in [0.2, 0.25) is 0 Å². The molecular weight excluding hydrogens is 406 g/mol. The zero-order valence-corrected chi connectivity index (χ0v) is 18.1. The highest BCUT2D eigenvalue weighted by molar-refractivity contribution is 5.96. The van der Waals surface area contributed by atoms with Crippen LogP contribution in [0.2, 0.25) is 0 Å². The Balaban J connectivity index is 0.00000450. The number of hydrogen-bond donors (Lipinski definition) is 3. The van der Waals surface area contributed by atoms with Crippen molar-refractivity contribution in [3.63, 3.8) is 0 Å². The fourth-order valence-electron chi connectivity index (χ4n) is 2.84. The van der Waals surface area contributed by atoms with Gasteiger partial charge in [-0.25, -0.2) is 4.79 Å². The SMILES string of the molecule is CC(C)=CC(=O)Oc1cccc(C(=O)CC[NH2+]C(C)C(O)c2ccc(O)cc2)c1.[Cl-]. The van der Waals surface area contributed by atoms with Gasteiger partial charge in [0.25, 0.3) is 0 Å². The molecule has 2 aromatic rings. The Hall–Kier alpha value is -2.67. The quantitative estimate of drug-likeness (QED) is 0.215. The summed E-state index contributed by atoms with van der Waals surface area (Å²) < 4.78 is 5.22. The minimum atomic E-state index is -0.705. The van der Waals surface area contributed by atoms with Crippen LogP contribution >= 0.6 is 0 Å². The first-order chi connectivity index (χ1) is 13.8. The number of ether oxygens (including phenoxy) is 1. The number of halogens is 1. The number of rotatable bonds is 9. The highest BCUT2D eigenvalue weighted by Gasteiger charge is 2.19. The summed E-state index contributed by atoms with van der Waals surface area (Å²) in [5, 5.41) is 21.6. The number of hydrogen-bond acceptors (Lipinski definition) is 5. The maximum Gasteiger partial charge on any atom is 0.336 e. The van der Waals surface area contributed by atoms with E-state index in [2.05, 4.69) is 0 Å². The lowest BCUT2D eigenvalue weighted by Crippen LogP contribution is -3.00. The average Bonchev–Trinajstić information content (AvgIpc) is 2.67. The number of benzene rings is 2. The minimum Gasteiger partial charge on any atom is -1.00 e. The number of ketones is 1. The molecule has 2 unspecified atom stereocenters. The molecular formula is C23H28ClNO5. The molecule has 0 spiro atoms. The Morgan fingerprint density at radius 3 is 2.43 bits per heavy atom. The number of carbonyl (C=O) groups excluding carboxylic acids is 2. The largest absolute Gasteiger partial charge is 1.00 e. The van der Waals surface area contributed by atoms with Crippen LogP contribution in [-0.4, -0.2) is 34.6 Å². The van der Waals surface area contributed by atoms with Crippen molar-refractivity contribution >= 4 is 11.8 Å². The molecule has 2 aromatic carbocycles. The van der Waals surface area contributed by atoms with Gasteiger partial charge >= 0.3 is 5.97 Å². The first-order valence-corrected chi connectivity index (χ1v) is 9.56. The van der Waals surface area contributed by atoms with E-state index in [1.54, 1.807) is 50.2 Å². The Labute approximate surface area is 183 Å². The third-order valence-electron chi connectivity index (χ3n) is 4.42. The summed E-state index contributed by atoms with van der Waals surface area (Å²) in [5.41, 5.74) is 2.03. The number of quaternary nitrogens is 1. The van der Waals surface area contributed by atoms with Crippen LogP contribution in [0.25, 0.3) is 0 Å². The van der Waals surface area contributed by atoms with Crippen LogP contribution in [0.3, 0.4) is 0 Å². The van der Waals surface area contributed by atoms with Gasteiger partial charge in [-0.3, -0.25) is 4.79 Å². The average molecular weight is 434 g/mol. The molecule has 0 aromatic heterocycles. The normalized spacial score (nSPS) is 12.3. The van der Waals surface area contributed by atoms with E-state index in [4.69, 9.17) is 4.74 Å². The standard InChI is InChI=1S/C23H27NO5.ClH/c1-15(2)13-22(27)29-20-6-4-5-18(14-20)21(26)11-12-24-16(3)23(28)17-7-9-19(25)10-8-17;/h4-10,13-14,16,23-25,28H,11-12H2,1-3H3;1H. The summed E-state index contributed by atoms with van der Waals surface area (Å²) in [6.45, 7) is 6.00. The molecule has 0 aliphatic carbocycles. The fourth-order valence-corrected chi connectivity index (χ4v) is 2.84. The van der Waals surface area contributed by atoms with Crippen molar-refractivity contribution in [2.45, 2.75) is 39.3 Å². The molecule has 2 atom stereocenters. The van der Waals surface area contributed by atoms with Gasteiger partial charge < -0.3 is 32.7 Å². The smallest absolute Gasteiger partial charge is 0.336 e. The van der Waals surface area contributed by atoms with Crippen LogP contribution in [0.15, 0.2) is 60.2 Å². The Bertz CT molecular complexity index is 875. The maximum atomic E-state index is 12.5. The van der Waals surface area contributed by atoms with E-state index in [1.165, 1.54) is 18.2 Å². The van der Waals surface area contributed by atoms with E-state index in [0.29, 0.717) is 23.4 Å². The van der Waals surface area contributed by atoms with Crippen molar-refractivity contribution in [3.05, 3.63) is 71.3 Å². The molecule has 0 fully saturated rings. The van der Waals surface area contributed by atoms with Crippen LogP contribution in [0.4, 0.5) is 0 Å². The van der Waals surface area contributed by atoms with E-state index in [9.17, 15) is 19.8 Å². The van der Waals surface area contributed by atoms with Gasteiger partial charge in [-0.2, -0.15) is 0 Å². The van der Waals surface area contributed by atoms with Crippen LogP contribution in [-0.2, 0) is 4.79 Å². The maximum absolute atomic E-state index is 12.5. The van der Waals surface area contributed by atoms with Crippen LogP contribution in [0.1, 0.15) is 49.2 Å². The minimum absolute atomic E-state index is 0. The highest BCUT2D eigenvalue weighted by Crippen LogP contribution is 2.18. The number of Topliss-reactive ketones (excluding diaryl/α,β-unsaturated/α-hetero) is 1. The van der Waals surface area contributed by atoms with E-state index in [-0.39, 0.29) is 36.4 Å². The van der Waals surface area contributed by atoms with E-state index in [1.807, 2.05) is 12.2 Å². The summed E-state index contributed by atoms with van der Waals surface area (Å²) in [5.74, 6) is -0.0527. The molecule has 7 heteroatoms. The van der Waals surface area contributed by atoms with E-state index < -0.39 is 12.1 Å². The second kappa shape index (κ2) is 12.1. The molecule has 4 N–H and O–H groups in total. The molecule has 30 heavy (non-hydrogen) atoms. The third kappa shape index (κ3) is 7.99. The summed E-state index contributed by atoms with van der Waals surface area (Å²) in [6.07, 6.45) is 0.978. The number of esters is 1. The first kappa shape index (κ1) is 25.4. The van der Waals surface area contributed by atoms with E-state index in [0.717, 1.165) is 5.57 Å². The van der Waals surface area contributed by atoms with Gasteiger partial charge in [-0.15, -0.1) is 0 Å². The van der Waals surface area contributed by atoms with Crippen molar-refractivity contribution in [1.29, 1.82) is 0 Å². The molecule has 0 heterocycles. The van der Waals surface area contributed by atoms with Crippen LogP contribution < -0.4 is 22.5 Å². The summed E-state index contributed by atoms with van der Waals surface area (Å²) in [4.78, 5) is 24.2. The molecule has 2 rings (SSSR count). The second-order valence-electron chi connectivity index (χ2n) is 7.26. The first-order valence-electron chi connectivity index (χ1n) is 9.56. The number of nitrogens with two attached hydrogens (primary N) is 1. The van der Waals surface area contributed by atoms with Gasteiger partial charge in [-0.1, -0.05) is 29.8 Å². The van der Waals surface area contributed by atoms with Crippen molar-refractivity contribution in [2.75, 3.05) is 6.54 Å². The lowest BCUT2D eigenvalue weighted by Gasteiger charge is -2.17. The van der Waals surface area contributed by atoms with E-state index >= 15 is 0 Å². The van der Waals surface area contributed by atoms with Gasteiger partial charge in [0, 0.05) is 11.6 Å². The Morgan fingerprint density at radius 1 is 1.13 bits per heavy atom. The molecule has 0 saturated heterocycles. The number of aliphatic hydroxyl groups excluding tert-OH is 1. The van der Waals surface area contributed by atoms with Crippen molar-refractivity contribution < 1.29 is 42.3 Å². The molecule has 0 bridgehead atoms. The number of aliphatic hydroxyl groups is 1. The highest BCUT2D eigenvalue weighted by atomic mass is 35.5. The number of phenolic OH excluding ortho intramolecular Hbond substituents is 1. The van der Waals surface area contributed by atoms with Crippen molar-refractivity contribution in [3.8, 4) is 11.5 Å². The second-order valence-corrected chi connectivity index (χ2v) is 7.26. The molecule has 0 amide bonds. The predicted molar refractivity (Wildman–Crippen MR) is 110 cm³/mol. The summed E-state index contributed by atoms with van der Waals surface area (Å²) in [7, 11) is 0. The third-order valence-corrected chi connectivity index (χ3v) is 4.42. The lowest BCUT2D eigenvalue weighted by molar-refractivity contribution is -0.693. The van der Waals surface area contributed by atoms with Gasteiger partial charge in [0.1, 0.15) is 23.6 Å². The summed E-state index contributed by atoms with van der Waals surface area (Å²) in [6, 6.07) is 12.8. The molecule has 0 radical (unpaired) electrons. The van der Waals surface area contributed by atoms with Crippen LogP contribution in [0.5, 0.6) is 11.5 Å². The molecule has 0 aliphatic rings. The zero-order valence-electron chi connectivity index (χ0n) is 17.3. The van der Waals surface area contributed by atoms with Crippen molar-refractivity contribution in [2.24, 2.45) is 0 Å². The molecule has 6 nitrogen and oxygen atoms in total. The molecule has 162 valence electrons. The number of carbonyl (C=O) groups is 2. The predicted octanol–water partition coefficient (Wildman–Crippen LogP) is -0.474. The van der Waals surface area contributed by atoms with Gasteiger partial charge in [-0.05, 0) is 50.6 Å².